The van der Waals surface area contributed by atoms with Gasteiger partial charge in [0.2, 0.25) is 0 Å². The predicted octanol–water partition coefficient (Wildman–Crippen LogP) is 4.93. The summed E-state index contributed by atoms with van der Waals surface area (Å²) in [5.41, 5.74) is 2.10. The Labute approximate surface area is 117 Å². The van der Waals surface area contributed by atoms with Gasteiger partial charge in [0.25, 0.3) is 0 Å². The molecule has 0 aliphatic heterocycles. The Bertz CT molecular complexity index is 608. The lowest BCUT2D eigenvalue weighted by atomic mass is 10.0. The highest BCUT2D eigenvalue weighted by atomic mass is 35.5. The maximum atomic E-state index is 6.28. The predicted molar refractivity (Wildman–Crippen MR) is 78.7 cm³/mol. The number of benzene rings is 1. The Kier molecular flexibility index (Phi) is 3.44. The summed E-state index contributed by atoms with van der Waals surface area (Å²) in [5.74, 6) is 0.874. The van der Waals surface area contributed by atoms with Crippen molar-refractivity contribution in [2.24, 2.45) is 5.92 Å². The Morgan fingerprint density at radius 1 is 1.33 bits per heavy atom. The van der Waals surface area contributed by atoms with Crippen LogP contribution in [-0.2, 0) is 6.54 Å². The highest BCUT2D eigenvalue weighted by Crippen LogP contribution is 2.29. The van der Waals surface area contributed by atoms with Gasteiger partial charge in [-0.25, -0.2) is 0 Å². The number of nitrogens with one attached hydrogen (secondary N) is 1. The zero-order chi connectivity index (χ0) is 12.5. The van der Waals surface area contributed by atoms with Gasteiger partial charge in [0.1, 0.15) is 0 Å². The minimum Gasteiger partial charge on any atom is -0.331 e. The Hall–Kier alpha value is -0.800. The van der Waals surface area contributed by atoms with E-state index in [1.54, 1.807) is 0 Å². The van der Waals surface area contributed by atoms with E-state index in [2.05, 4.69) is 9.55 Å². The van der Waals surface area contributed by atoms with Crippen molar-refractivity contribution in [1.29, 1.82) is 0 Å². The van der Waals surface area contributed by atoms with Gasteiger partial charge in [0.05, 0.1) is 16.1 Å². The number of hydrogen-bond acceptors (Lipinski definition) is 1. The summed E-state index contributed by atoms with van der Waals surface area (Å²) in [4.78, 5) is 3.24. The molecule has 18 heavy (non-hydrogen) atoms. The largest absolute Gasteiger partial charge is 0.331 e. The Morgan fingerprint density at radius 3 is 2.89 bits per heavy atom. The van der Waals surface area contributed by atoms with Crippen molar-refractivity contribution in [2.75, 3.05) is 0 Å². The van der Waals surface area contributed by atoms with Crippen LogP contribution in [0.3, 0.4) is 0 Å². The molecule has 0 atom stereocenters. The molecule has 0 bridgehead atoms. The van der Waals surface area contributed by atoms with Crippen LogP contribution in [0.25, 0.3) is 11.0 Å². The number of imidazole rings is 1. The smallest absolute Gasteiger partial charge is 0.178 e. The van der Waals surface area contributed by atoms with E-state index < -0.39 is 0 Å². The second-order valence-corrected chi connectivity index (χ2v) is 5.95. The van der Waals surface area contributed by atoms with Gasteiger partial charge in [0, 0.05) is 6.54 Å². The molecule has 1 saturated carbocycles. The second kappa shape index (κ2) is 5.06. The van der Waals surface area contributed by atoms with Gasteiger partial charge in [-0.15, -0.1) is 0 Å². The average molecular weight is 281 g/mol. The van der Waals surface area contributed by atoms with Crippen molar-refractivity contribution in [3.05, 3.63) is 28.0 Å². The van der Waals surface area contributed by atoms with Crippen LogP contribution in [0.2, 0.25) is 5.02 Å². The fourth-order valence-electron chi connectivity index (χ4n) is 3.00. The monoisotopic (exact) mass is 280 g/mol. The van der Waals surface area contributed by atoms with Crippen LogP contribution >= 0.6 is 23.8 Å². The van der Waals surface area contributed by atoms with Crippen LogP contribution in [0.4, 0.5) is 0 Å². The molecule has 0 saturated heterocycles. The molecule has 1 aliphatic rings. The van der Waals surface area contributed by atoms with Crippen LogP contribution in [0.5, 0.6) is 0 Å². The van der Waals surface area contributed by atoms with E-state index in [-0.39, 0.29) is 0 Å². The normalized spacial score (nSPS) is 16.7. The third kappa shape index (κ3) is 2.21. The molecular weight excluding hydrogens is 264 g/mol. The van der Waals surface area contributed by atoms with E-state index in [1.165, 1.54) is 32.1 Å². The maximum absolute atomic E-state index is 6.28. The zero-order valence-electron chi connectivity index (χ0n) is 10.3. The third-order valence-corrected chi connectivity index (χ3v) is 4.61. The van der Waals surface area contributed by atoms with E-state index in [4.69, 9.17) is 23.8 Å². The minimum atomic E-state index is 0.784. The highest BCUT2D eigenvalue weighted by molar-refractivity contribution is 7.71. The number of aromatic amines is 1. The molecule has 0 unspecified atom stereocenters. The lowest BCUT2D eigenvalue weighted by Gasteiger charge is -2.10. The number of fused-ring (bicyclic) bond motifs is 1. The van der Waals surface area contributed by atoms with Crippen LogP contribution in [0.1, 0.15) is 32.1 Å². The van der Waals surface area contributed by atoms with Crippen LogP contribution in [-0.4, -0.2) is 9.55 Å². The molecule has 0 spiro atoms. The van der Waals surface area contributed by atoms with E-state index in [0.29, 0.717) is 0 Å². The molecule has 0 radical (unpaired) electrons. The quantitative estimate of drug-likeness (QED) is 0.791. The van der Waals surface area contributed by atoms with Gasteiger partial charge in [-0.3, -0.25) is 0 Å². The standard InChI is InChI=1S/C14H17ClN2S/c15-11-6-3-7-12-13(11)17(14(18)16-12)9-8-10-4-1-2-5-10/h3,6-7,10H,1-2,4-5,8-9H2,(H,16,18). The molecule has 0 amide bonds. The van der Waals surface area contributed by atoms with Crippen molar-refractivity contribution >= 4 is 34.9 Å². The lowest BCUT2D eigenvalue weighted by molar-refractivity contribution is 0.461. The van der Waals surface area contributed by atoms with Gasteiger partial charge in [-0.05, 0) is 36.7 Å². The van der Waals surface area contributed by atoms with Crippen LogP contribution in [0.15, 0.2) is 18.2 Å². The second-order valence-electron chi connectivity index (χ2n) is 5.16. The summed E-state index contributed by atoms with van der Waals surface area (Å²) < 4.78 is 2.95. The molecule has 3 rings (SSSR count). The first kappa shape index (κ1) is 12.2. The first-order chi connectivity index (χ1) is 8.75. The average Bonchev–Trinajstić information content (AvgIpc) is 2.94. The van der Waals surface area contributed by atoms with Crippen molar-refractivity contribution in [2.45, 2.75) is 38.6 Å². The molecule has 1 fully saturated rings. The number of hydrogen-bond donors (Lipinski definition) is 1. The summed E-state index contributed by atoms with van der Waals surface area (Å²) in [6.07, 6.45) is 6.76. The summed E-state index contributed by atoms with van der Waals surface area (Å²) in [7, 11) is 0. The first-order valence-electron chi connectivity index (χ1n) is 6.63. The number of rotatable bonds is 3. The first-order valence-corrected chi connectivity index (χ1v) is 7.41. The van der Waals surface area contributed by atoms with Crippen LogP contribution < -0.4 is 0 Å². The molecule has 1 N–H and O–H groups in total. The minimum absolute atomic E-state index is 0.784. The van der Waals surface area contributed by atoms with E-state index in [1.807, 2.05) is 18.2 Å². The zero-order valence-corrected chi connectivity index (χ0v) is 11.9. The van der Waals surface area contributed by atoms with Crippen molar-refractivity contribution < 1.29 is 0 Å². The number of nitrogens with zero attached hydrogens (tertiary/aromatic N) is 1. The number of aryl methyl sites for hydroxylation is 1. The molecule has 1 aromatic carbocycles. The molecular formula is C14H17ClN2S. The topological polar surface area (TPSA) is 20.7 Å². The van der Waals surface area contributed by atoms with E-state index >= 15 is 0 Å². The molecule has 96 valence electrons. The molecule has 1 aliphatic carbocycles. The number of halogens is 1. The van der Waals surface area contributed by atoms with Crippen molar-refractivity contribution in [3.63, 3.8) is 0 Å². The summed E-state index contributed by atoms with van der Waals surface area (Å²) in [6.45, 7) is 0.979. The fraction of sp³-hybridized carbons (Fsp3) is 0.500. The lowest BCUT2D eigenvalue weighted by Crippen LogP contribution is -2.03. The summed E-state index contributed by atoms with van der Waals surface area (Å²) in [6, 6.07) is 5.92. The maximum Gasteiger partial charge on any atom is 0.178 e. The SMILES string of the molecule is S=c1[nH]c2cccc(Cl)c2n1CCC1CCCC1. The van der Waals surface area contributed by atoms with Crippen molar-refractivity contribution in [3.8, 4) is 0 Å². The van der Waals surface area contributed by atoms with E-state index in [0.717, 1.165) is 33.3 Å². The Balaban J connectivity index is 1.90. The number of aromatic nitrogens is 2. The molecule has 2 nitrogen and oxygen atoms in total. The van der Waals surface area contributed by atoms with Crippen molar-refractivity contribution in [1.82, 2.24) is 9.55 Å². The van der Waals surface area contributed by atoms with E-state index in [9.17, 15) is 0 Å². The molecule has 1 heterocycles. The third-order valence-electron chi connectivity index (χ3n) is 3.98. The van der Waals surface area contributed by atoms with Gasteiger partial charge >= 0.3 is 0 Å². The highest BCUT2D eigenvalue weighted by Gasteiger charge is 2.16. The molecule has 2 aromatic rings. The summed E-state index contributed by atoms with van der Waals surface area (Å²) >= 11 is 11.7. The fourth-order valence-corrected chi connectivity index (χ4v) is 3.57. The van der Waals surface area contributed by atoms with Gasteiger partial charge < -0.3 is 9.55 Å². The number of H-pyrrole nitrogens is 1. The van der Waals surface area contributed by atoms with Crippen LogP contribution in [0, 0.1) is 10.7 Å². The number of para-hydroxylation sites is 1. The Morgan fingerprint density at radius 2 is 2.11 bits per heavy atom. The molecule has 4 heteroatoms. The molecule has 1 aromatic heterocycles. The van der Waals surface area contributed by atoms with Gasteiger partial charge in [0.15, 0.2) is 4.77 Å². The van der Waals surface area contributed by atoms with Gasteiger partial charge in [-0.2, -0.15) is 0 Å². The summed E-state index contributed by atoms with van der Waals surface area (Å²) in [5, 5.41) is 0.784. The van der Waals surface area contributed by atoms with Gasteiger partial charge in [-0.1, -0.05) is 43.4 Å².